The zero-order valence-electron chi connectivity index (χ0n) is 15.6. The number of halogens is 3. The molecule has 0 fully saturated rings. The fourth-order valence-electron chi connectivity index (χ4n) is 2.83. The lowest BCUT2D eigenvalue weighted by Gasteiger charge is -2.10. The van der Waals surface area contributed by atoms with Crippen molar-refractivity contribution in [2.75, 3.05) is 0 Å². The average molecular weight is 466 g/mol. The molecule has 160 valence electrons. The fraction of sp³-hybridized carbons (Fsp3) is 0.150. The first kappa shape index (κ1) is 21.1. The molecule has 3 aromatic heterocycles. The van der Waals surface area contributed by atoms with Crippen LogP contribution in [-0.2, 0) is 22.7 Å². The number of esters is 1. The third-order valence-corrected chi connectivity index (χ3v) is 5.99. The lowest BCUT2D eigenvalue weighted by molar-refractivity contribution is -0.274. The second kappa shape index (κ2) is 8.52. The van der Waals surface area contributed by atoms with Crippen molar-refractivity contribution >= 4 is 38.9 Å². The number of thiophene rings is 2. The quantitative estimate of drug-likeness (QED) is 0.381. The molecule has 0 saturated heterocycles. The topological polar surface area (TPSA) is 70.4 Å². The molecule has 0 unspecified atom stereocenters. The van der Waals surface area contributed by atoms with Crippen LogP contribution in [0.2, 0.25) is 0 Å². The van der Waals surface area contributed by atoms with Gasteiger partial charge in [-0.3, -0.25) is 14.2 Å². The van der Waals surface area contributed by atoms with Gasteiger partial charge >= 0.3 is 12.3 Å². The van der Waals surface area contributed by atoms with E-state index in [1.165, 1.54) is 45.7 Å². The van der Waals surface area contributed by atoms with Crippen LogP contribution in [0.4, 0.5) is 13.2 Å². The molecular formula is C20H13F3N2O4S2. The van der Waals surface area contributed by atoms with Crippen molar-refractivity contribution in [2.24, 2.45) is 0 Å². The molecule has 0 amide bonds. The zero-order chi connectivity index (χ0) is 22.0. The Morgan fingerprint density at radius 1 is 1.13 bits per heavy atom. The minimum atomic E-state index is -4.78. The van der Waals surface area contributed by atoms with Gasteiger partial charge in [-0.05, 0) is 29.1 Å². The summed E-state index contributed by atoms with van der Waals surface area (Å²) in [6, 6.07) is 8.75. The summed E-state index contributed by atoms with van der Waals surface area (Å²) in [5.41, 5.74) is 0.901. The summed E-state index contributed by atoms with van der Waals surface area (Å²) in [6.07, 6.45) is -3.48. The molecule has 0 saturated carbocycles. The Balaban J connectivity index is 1.44. The number of alkyl halides is 3. The smallest absolute Gasteiger partial charge is 0.459 e. The zero-order valence-corrected chi connectivity index (χ0v) is 17.2. The first-order valence-electron chi connectivity index (χ1n) is 8.81. The average Bonchev–Trinajstić information content (AvgIpc) is 3.38. The molecule has 0 aliphatic heterocycles. The Labute approximate surface area is 181 Å². The van der Waals surface area contributed by atoms with E-state index < -0.39 is 12.3 Å². The minimum absolute atomic E-state index is 0.158. The van der Waals surface area contributed by atoms with E-state index in [1.807, 2.05) is 22.9 Å². The van der Waals surface area contributed by atoms with Crippen molar-refractivity contribution in [3.05, 3.63) is 69.4 Å². The summed E-state index contributed by atoms with van der Waals surface area (Å²) >= 11 is 2.85. The van der Waals surface area contributed by atoms with Crippen LogP contribution in [0.3, 0.4) is 0 Å². The van der Waals surface area contributed by atoms with Crippen molar-refractivity contribution in [3.63, 3.8) is 0 Å². The van der Waals surface area contributed by atoms with Gasteiger partial charge in [-0.1, -0.05) is 18.2 Å². The van der Waals surface area contributed by atoms with Crippen LogP contribution in [0.1, 0.15) is 5.56 Å². The summed E-state index contributed by atoms with van der Waals surface area (Å²) in [5, 5.41) is 4.22. The second-order valence-electron chi connectivity index (χ2n) is 6.34. The predicted molar refractivity (Wildman–Crippen MR) is 110 cm³/mol. The molecule has 4 aromatic rings. The van der Waals surface area contributed by atoms with Gasteiger partial charge in [0.2, 0.25) is 0 Å². The van der Waals surface area contributed by atoms with Crippen LogP contribution < -0.4 is 10.3 Å². The molecule has 1 aromatic carbocycles. The Morgan fingerprint density at radius 3 is 2.58 bits per heavy atom. The van der Waals surface area contributed by atoms with Crippen molar-refractivity contribution in [3.8, 4) is 16.2 Å². The predicted octanol–water partition coefficient (Wildman–Crippen LogP) is 4.83. The third kappa shape index (κ3) is 4.94. The number of carbonyl (C=O) groups excluding carboxylic acids is 1. The molecule has 0 atom stereocenters. The normalized spacial score (nSPS) is 11.6. The summed E-state index contributed by atoms with van der Waals surface area (Å²) in [6.45, 7) is -0.495. The molecule has 3 heterocycles. The maximum Gasteiger partial charge on any atom is 0.573 e. The molecule has 0 bridgehead atoms. The standard InChI is InChI=1S/C20H13F3N2O4S2/c21-20(22,23)29-13-5-3-12(4-6-13)9-28-16(26)8-25-11-24-18-17(19(25)27)14(10-31-18)15-2-1-7-30-15/h1-7,10-11H,8-9H2. The van der Waals surface area contributed by atoms with Crippen molar-refractivity contribution in [1.82, 2.24) is 9.55 Å². The molecule has 0 spiro atoms. The highest BCUT2D eigenvalue weighted by atomic mass is 32.1. The van der Waals surface area contributed by atoms with Crippen LogP contribution in [0, 0.1) is 0 Å². The summed E-state index contributed by atoms with van der Waals surface area (Å²) in [7, 11) is 0. The van der Waals surface area contributed by atoms with Crippen LogP contribution in [0.15, 0.2) is 58.3 Å². The summed E-state index contributed by atoms with van der Waals surface area (Å²) in [5.74, 6) is -1.04. The number of benzene rings is 1. The first-order valence-corrected chi connectivity index (χ1v) is 10.6. The number of ether oxygens (including phenoxy) is 2. The molecule has 0 radical (unpaired) electrons. The summed E-state index contributed by atoms with van der Waals surface area (Å²) < 4.78 is 46.7. The van der Waals surface area contributed by atoms with Gasteiger partial charge in [0.15, 0.2) is 0 Å². The first-order chi connectivity index (χ1) is 14.8. The molecule has 4 rings (SSSR count). The number of nitrogens with zero attached hydrogens (tertiary/aromatic N) is 2. The van der Waals surface area contributed by atoms with Crippen LogP contribution >= 0.6 is 22.7 Å². The Bertz CT molecular complexity index is 1260. The van der Waals surface area contributed by atoms with Crippen molar-refractivity contribution < 1.29 is 27.4 Å². The molecular weight excluding hydrogens is 453 g/mol. The highest BCUT2D eigenvalue weighted by molar-refractivity contribution is 7.18. The highest BCUT2D eigenvalue weighted by Crippen LogP contribution is 2.33. The lowest BCUT2D eigenvalue weighted by Crippen LogP contribution is -2.25. The number of hydrogen-bond donors (Lipinski definition) is 0. The molecule has 11 heteroatoms. The fourth-order valence-corrected chi connectivity index (χ4v) is 4.55. The second-order valence-corrected chi connectivity index (χ2v) is 8.14. The van der Waals surface area contributed by atoms with E-state index in [1.54, 1.807) is 0 Å². The molecule has 0 aliphatic carbocycles. The van der Waals surface area contributed by atoms with Gasteiger partial charge in [0, 0.05) is 15.8 Å². The number of rotatable bonds is 6. The van der Waals surface area contributed by atoms with Crippen LogP contribution in [-0.4, -0.2) is 21.9 Å². The van der Waals surface area contributed by atoms with Crippen molar-refractivity contribution in [1.29, 1.82) is 0 Å². The Kier molecular flexibility index (Phi) is 5.79. The van der Waals surface area contributed by atoms with Gasteiger partial charge in [-0.15, -0.1) is 35.8 Å². The molecule has 0 N–H and O–H groups in total. The van der Waals surface area contributed by atoms with E-state index >= 15 is 0 Å². The molecule has 6 nitrogen and oxygen atoms in total. The maximum atomic E-state index is 12.9. The van der Waals surface area contributed by atoms with Crippen LogP contribution in [0.25, 0.3) is 20.7 Å². The number of carbonyl (C=O) groups is 1. The lowest BCUT2D eigenvalue weighted by atomic mass is 10.2. The van der Waals surface area contributed by atoms with Crippen molar-refractivity contribution in [2.45, 2.75) is 19.5 Å². The van der Waals surface area contributed by atoms with E-state index in [-0.39, 0.29) is 24.5 Å². The van der Waals surface area contributed by atoms with Gasteiger partial charge in [-0.25, -0.2) is 4.98 Å². The number of hydrogen-bond acceptors (Lipinski definition) is 7. The molecule has 31 heavy (non-hydrogen) atoms. The van der Waals surface area contributed by atoms with E-state index in [2.05, 4.69) is 9.72 Å². The monoisotopic (exact) mass is 466 g/mol. The van der Waals surface area contributed by atoms with Gasteiger partial charge in [0.1, 0.15) is 23.7 Å². The SMILES string of the molecule is O=C(Cn1cnc2scc(-c3cccs3)c2c1=O)OCc1ccc(OC(F)(F)F)cc1. The van der Waals surface area contributed by atoms with E-state index in [0.29, 0.717) is 15.8 Å². The van der Waals surface area contributed by atoms with E-state index in [4.69, 9.17) is 4.74 Å². The number of fused-ring (bicyclic) bond motifs is 1. The third-order valence-electron chi connectivity index (χ3n) is 4.20. The molecule has 0 aliphatic rings. The van der Waals surface area contributed by atoms with E-state index in [9.17, 15) is 22.8 Å². The largest absolute Gasteiger partial charge is 0.573 e. The maximum absolute atomic E-state index is 12.9. The highest BCUT2D eigenvalue weighted by Gasteiger charge is 2.30. The minimum Gasteiger partial charge on any atom is -0.459 e. The van der Waals surface area contributed by atoms with Gasteiger partial charge in [0.05, 0.1) is 11.7 Å². The Hall–Kier alpha value is -3.18. The van der Waals surface area contributed by atoms with Crippen LogP contribution in [0.5, 0.6) is 5.75 Å². The van der Waals surface area contributed by atoms with Gasteiger partial charge in [-0.2, -0.15) is 0 Å². The van der Waals surface area contributed by atoms with Gasteiger partial charge in [0.25, 0.3) is 5.56 Å². The van der Waals surface area contributed by atoms with E-state index in [0.717, 1.165) is 22.6 Å². The Morgan fingerprint density at radius 2 is 1.90 bits per heavy atom. The number of aromatic nitrogens is 2. The summed E-state index contributed by atoms with van der Waals surface area (Å²) in [4.78, 5) is 30.9. The van der Waals surface area contributed by atoms with Gasteiger partial charge < -0.3 is 9.47 Å².